The topological polar surface area (TPSA) is 87.5 Å². The fourth-order valence-electron chi connectivity index (χ4n) is 2.98. The molecule has 0 aromatic heterocycles. The molecular formula is C11H20N4O2. The molecule has 4 N–H and O–H groups in total. The van der Waals surface area contributed by atoms with Crippen molar-refractivity contribution in [2.75, 3.05) is 13.1 Å². The Morgan fingerprint density at radius 2 is 2.47 bits per heavy atom. The van der Waals surface area contributed by atoms with Crippen LogP contribution in [0, 0.1) is 5.92 Å². The first kappa shape index (κ1) is 12.3. The molecule has 6 heteroatoms. The fraction of sp³-hybridized carbons (Fsp3) is 0.818. The maximum absolute atomic E-state index is 11.6. The van der Waals surface area contributed by atoms with Gasteiger partial charge in [0, 0.05) is 25.0 Å². The molecule has 2 saturated heterocycles. The number of likely N-dealkylation sites (tertiary alicyclic amines) is 1. The molecule has 0 aliphatic carbocycles. The van der Waals surface area contributed by atoms with Crippen LogP contribution in [-0.2, 0) is 9.59 Å². The van der Waals surface area contributed by atoms with Crippen molar-refractivity contribution in [2.45, 2.75) is 38.3 Å². The molecule has 0 aromatic rings. The largest absolute Gasteiger partial charge is 0.354 e. The second-order valence-electron chi connectivity index (χ2n) is 4.92. The zero-order valence-electron chi connectivity index (χ0n) is 10.1. The lowest BCUT2D eigenvalue weighted by Crippen LogP contribution is -2.51. The van der Waals surface area contributed by atoms with Gasteiger partial charge in [-0.3, -0.25) is 19.9 Å². The Bertz CT molecular complexity index is 321. The van der Waals surface area contributed by atoms with Crippen LogP contribution in [0.5, 0.6) is 0 Å². The van der Waals surface area contributed by atoms with E-state index in [0.717, 1.165) is 19.4 Å². The molecule has 6 nitrogen and oxygen atoms in total. The van der Waals surface area contributed by atoms with E-state index < -0.39 is 0 Å². The van der Waals surface area contributed by atoms with Gasteiger partial charge in [-0.1, -0.05) is 0 Å². The Kier molecular flexibility index (Phi) is 3.63. The minimum atomic E-state index is -0.156. The van der Waals surface area contributed by atoms with Gasteiger partial charge in [0.15, 0.2) is 0 Å². The molecule has 0 spiro atoms. The zero-order chi connectivity index (χ0) is 12.4. The zero-order valence-corrected chi connectivity index (χ0v) is 10.1. The minimum absolute atomic E-state index is 0.104. The van der Waals surface area contributed by atoms with E-state index in [9.17, 15) is 9.59 Å². The van der Waals surface area contributed by atoms with Crippen molar-refractivity contribution in [2.24, 2.45) is 11.8 Å². The summed E-state index contributed by atoms with van der Waals surface area (Å²) in [5, 5.41) is 2.91. The lowest BCUT2D eigenvalue weighted by molar-refractivity contribution is -0.124. The molecule has 2 aliphatic heterocycles. The van der Waals surface area contributed by atoms with Crippen molar-refractivity contribution >= 4 is 11.8 Å². The summed E-state index contributed by atoms with van der Waals surface area (Å²) in [4.78, 5) is 25.2. The Hall–Kier alpha value is -1.14. The van der Waals surface area contributed by atoms with Gasteiger partial charge >= 0.3 is 0 Å². The van der Waals surface area contributed by atoms with Crippen LogP contribution in [0.4, 0.5) is 0 Å². The summed E-state index contributed by atoms with van der Waals surface area (Å²) < 4.78 is 0. The highest BCUT2D eigenvalue weighted by molar-refractivity contribution is 5.82. The van der Waals surface area contributed by atoms with Gasteiger partial charge in [-0.25, -0.2) is 5.84 Å². The summed E-state index contributed by atoms with van der Waals surface area (Å²) >= 11 is 0. The smallest absolute Gasteiger partial charge is 0.235 e. The molecule has 17 heavy (non-hydrogen) atoms. The van der Waals surface area contributed by atoms with E-state index in [1.165, 1.54) is 0 Å². The van der Waals surface area contributed by atoms with Crippen LogP contribution < -0.4 is 16.6 Å². The lowest BCUT2D eigenvalue weighted by Gasteiger charge is -2.39. The molecule has 0 radical (unpaired) electrons. The normalized spacial score (nSPS) is 30.6. The maximum Gasteiger partial charge on any atom is 0.235 e. The highest BCUT2D eigenvalue weighted by Crippen LogP contribution is 2.29. The Morgan fingerprint density at radius 1 is 1.71 bits per heavy atom. The maximum atomic E-state index is 11.6. The molecule has 96 valence electrons. The molecule has 0 bridgehead atoms. The summed E-state index contributed by atoms with van der Waals surface area (Å²) in [6, 6.07) is 0.371. The summed E-state index contributed by atoms with van der Waals surface area (Å²) in [7, 11) is 0. The molecule has 0 saturated carbocycles. The molecule has 2 rings (SSSR count). The van der Waals surface area contributed by atoms with Gasteiger partial charge in [0.1, 0.15) is 0 Å². The second-order valence-corrected chi connectivity index (χ2v) is 4.92. The van der Waals surface area contributed by atoms with Crippen LogP contribution in [0.15, 0.2) is 0 Å². The van der Waals surface area contributed by atoms with Crippen molar-refractivity contribution in [1.82, 2.24) is 15.6 Å². The van der Waals surface area contributed by atoms with Gasteiger partial charge in [0.2, 0.25) is 11.8 Å². The van der Waals surface area contributed by atoms with Crippen molar-refractivity contribution in [3.8, 4) is 0 Å². The van der Waals surface area contributed by atoms with Gasteiger partial charge in [-0.15, -0.1) is 0 Å². The van der Waals surface area contributed by atoms with E-state index in [4.69, 9.17) is 5.84 Å². The van der Waals surface area contributed by atoms with Gasteiger partial charge in [-0.05, 0) is 26.3 Å². The highest BCUT2D eigenvalue weighted by atomic mass is 16.2. The number of piperidine rings is 1. The van der Waals surface area contributed by atoms with E-state index >= 15 is 0 Å². The van der Waals surface area contributed by atoms with Crippen molar-refractivity contribution in [3.63, 3.8) is 0 Å². The molecule has 2 fully saturated rings. The molecule has 2 aliphatic rings. The minimum Gasteiger partial charge on any atom is -0.354 e. The first-order valence-electron chi connectivity index (χ1n) is 6.16. The highest BCUT2D eigenvalue weighted by Gasteiger charge is 2.42. The van der Waals surface area contributed by atoms with Crippen LogP contribution in [0.3, 0.4) is 0 Å². The third kappa shape index (κ3) is 2.42. The molecule has 3 unspecified atom stereocenters. The summed E-state index contributed by atoms with van der Waals surface area (Å²) in [5.41, 5.74) is 2.16. The van der Waals surface area contributed by atoms with E-state index in [0.29, 0.717) is 13.0 Å². The lowest BCUT2D eigenvalue weighted by atomic mass is 9.90. The number of carbonyl (C=O) groups is 2. The van der Waals surface area contributed by atoms with Crippen molar-refractivity contribution in [3.05, 3.63) is 0 Å². The number of hydrogen-bond donors (Lipinski definition) is 3. The monoisotopic (exact) mass is 240 g/mol. The number of nitrogens with one attached hydrogen (secondary N) is 2. The average Bonchev–Trinajstić information content (AvgIpc) is 2.71. The molecule has 3 atom stereocenters. The number of hydrogen-bond acceptors (Lipinski definition) is 4. The molecule has 2 heterocycles. The Balaban J connectivity index is 2.00. The van der Waals surface area contributed by atoms with Crippen LogP contribution in [0.1, 0.15) is 26.2 Å². The van der Waals surface area contributed by atoms with Crippen LogP contribution in [-0.4, -0.2) is 41.9 Å². The van der Waals surface area contributed by atoms with Gasteiger partial charge in [0.05, 0.1) is 5.92 Å². The standard InChI is InChI=1S/C11H20N4O2/c1-7(5-10(16)14-12)15-4-2-3-8-9(15)6-13-11(8)17/h7-9H,2-6,12H2,1H3,(H,13,17)(H,14,16). The average molecular weight is 240 g/mol. The summed E-state index contributed by atoms with van der Waals surface area (Å²) in [6.07, 6.45) is 2.36. The number of amides is 2. The third-order valence-corrected chi connectivity index (χ3v) is 3.85. The Labute approximate surface area is 101 Å². The predicted octanol–water partition coefficient (Wildman–Crippen LogP) is -1.03. The molecule has 2 amide bonds. The van der Waals surface area contributed by atoms with Crippen molar-refractivity contribution < 1.29 is 9.59 Å². The summed E-state index contributed by atoms with van der Waals surface area (Å²) in [5.74, 6) is 5.20. The van der Waals surface area contributed by atoms with E-state index in [-0.39, 0.29) is 29.8 Å². The third-order valence-electron chi connectivity index (χ3n) is 3.85. The first-order chi connectivity index (χ1) is 8.13. The molecular weight excluding hydrogens is 220 g/mol. The quantitative estimate of drug-likeness (QED) is 0.334. The predicted molar refractivity (Wildman–Crippen MR) is 62.6 cm³/mol. The van der Waals surface area contributed by atoms with E-state index in [1.54, 1.807) is 0 Å². The number of fused-ring (bicyclic) bond motifs is 1. The first-order valence-corrected chi connectivity index (χ1v) is 6.16. The van der Waals surface area contributed by atoms with Gasteiger partial charge in [0.25, 0.3) is 0 Å². The van der Waals surface area contributed by atoms with Gasteiger partial charge < -0.3 is 5.32 Å². The molecule has 0 aromatic carbocycles. The Morgan fingerprint density at radius 3 is 3.18 bits per heavy atom. The van der Waals surface area contributed by atoms with Crippen LogP contribution in [0.2, 0.25) is 0 Å². The summed E-state index contributed by atoms with van der Waals surface area (Å²) in [6.45, 7) is 3.67. The number of hydrazine groups is 1. The number of nitrogens with zero attached hydrogens (tertiary/aromatic N) is 1. The van der Waals surface area contributed by atoms with Crippen molar-refractivity contribution in [1.29, 1.82) is 0 Å². The fourth-order valence-corrected chi connectivity index (χ4v) is 2.98. The van der Waals surface area contributed by atoms with Crippen LogP contribution in [0.25, 0.3) is 0 Å². The van der Waals surface area contributed by atoms with E-state index in [2.05, 4.69) is 15.6 Å². The van der Waals surface area contributed by atoms with E-state index in [1.807, 2.05) is 6.92 Å². The number of rotatable bonds is 3. The van der Waals surface area contributed by atoms with Gasteiger partial charge in [-0.2, -0.15) is 0 Å². The number of carbonyl (C=O) groups excluding carboxylic acids is 2. The SMILES string of the molecule is CC(CC(=O)NN)N1CCCC2C(=O)NCC21. The second kappa shape index (κ2) is 5.01. The van der Waals surface area contributed by atoms with Crippen LogP contribution >= 0.6 is 0 Å². The number of nitrogens with two attached hydrogens (primary N) is 1.